The first-order chi connectivity index (χ1) is 45.3. The van der Waals surface area contributed by atoms with E-state index < -0.39 is 13.1 Å². The van der Waals surface area contributed by atoms with Gasteiger partial charge in [0, 0.05) is 44.5 Å². The number of amides is 3. The fourth-order valence-corrected chi connectivity index (χ4v) is 9.17. The Hall–Kier alpha value is -10.3. The van der Waals surface area contributed by atoms with Crippen molar-refractivity contribution in [3.05, 3.63) is 241 Å². The van der Waals surface area contributed by atoms with Gasteiger partial charge in [0.2, 0.25) is 0 Å². The van der Waals surface area contributed by atoms with Crippen LogP contribution in [-0.4, -0.2) is 95.3 Å². The van der Waals surface area contributed by atoms with Crippen LogP contribution >= 0.6 is 27.5 Å². The van der Waals surface area contributed by atoms with Gasteiger partial charge in [-0.05, 0) is 167 Å². The van der Waals surface area contributed by atoms with Crippen LogP contribution < -0.4 is 32.6 Å². The molecule has 6 N–H and O–H groups in total. The van der Waals surface area contributed by atoms with Gasteiger partial charge in [0.15, 0.2) is 48.4 Å². The van der Waals surface area contributed by atoms with Crippen molar-refractivity contribution in [1.29, 1.82) is 0 Å². The van der Waals surface area contributed by atoms with E-state index in [1.807, 2.05) is 201 Å². The number of nitrogens with two attached hydrogens (primary N) is 1. The molecule has 95 heavy (non-hydrogen) atoms. The molecule has 2 fully saturated rings. The van der Waals surface area contributed by atoms with Gasteiger partial charge in [-0.3, -0.25) is 14.4 Å². The number of carbonyl (C=O) groups excluding carboxylic acids is 3. The number of carbonyl (C=O) groups is 4. The minimum atomic E-state index is -1.07. The van der Waals surface area contributed by atoms with Crippen LogP contribution in [0.1, 0.15) is 97.3 Å². The van der Waals surface area contributed by atoms with Crippen LogP contribution in [0.3, 0.4) is 0 Å². The Balaban J connectivity index is 0.000000145. The summed E-state index contributed by atoms with van der Waals surface area (Å²) in [5, 5.41) is 17.1. The SMILES string of the molecule is CC1(C)OB(c2ccc(N)cc2)OC1(C)C.CC1(C)OB(c2ccc(NC(=O)c3cocn3)cc2)OC1(C)C.O=C(Nc1ccc(-c2cccc(-c3cccc(Cl)c3)n2)cc1)c1cocn1.O=C(Nc1ccc(-c2cccc(Br)n2)cc1)c1cocn1.O=C(O)c1cocn1. The van der Waals surface area contributed by atoms with E-state index in [9.17, 15) is 19.2 Å². The molecule has 0 saturated carbocycles. The molecule has 0 bridgehead atoms. The Bertz CT molecular complexity index is 4290. The summed E-state index contributed by atoms with van der Waals surface area (Å²) >= 11 is 9.42. The Morgan fingerprint density at radius 2 is 0.779 bits per heavy atom. The zero-order valence-electron chi connectivity index (χ0n) is 52.6. The molecule has 484 valence electrons. The number of halogens is 2. The minimum Gasteiger partial charge on any atom is -0.476 e. The maximum atomic E-state index is 12.0. The number of nitrogens with one attached hydrogen (secondary N) is 3. The molecule has 0 unspecified atom stereocenters. The Labute approximate surface area is 560 Å². The largest absolute Gasteiger partial charge is 0.494 e. The monoisotopic (exact) mass is 1360 g/mol. The van der Waals surface area contributed by atoms with E-state index in [1.165, 1.54) is 38.0 Å². The van der Waals surface area contributed by atoms with E-state index in [0.29, 0.717) is 22.1 Å². The highest BCUT2D eigenvalue weighted by atomic mass is 79.9. The van der Waals surface area contributed by atoms with Gasteiger partial charge < -0.3 is 63.1 Å². The van der Waals surface area contributed by atoms with Crippen LogP contribution in [0, 0.1) is 0 Å². The molecule has 0 spiro atoms. The molecule has 0 atom stereocenters. The van der Waals surface area contributed by atoms with Crippen molar-refractivity contribution >= 4 is 99.1 Å². The number of aromatic carboxylic acids is 1. The predicted octanol–water partition coefficient (Wildman–Crippen LogP) is 13.2. The van der Waals surface area contributed by atoms with Crippen LogP contribution in [-0.2, 0) is 18.6 Å². The molecule has 2 aliphatic heterocycles. The molecular formula is C68H64B2BrClN10O13. The fraction of sp³-hybridized carbons (Fsp3) is 0.176. The second-order valence-corrected chi connectivity index (χ2v) is 24.3. The van der Waals surface area contributed by atoms with Crippen molar-refractivity contribution in [1.82, 2.24) is 29.9 Å². The first-order valence-corrected chi connectivity index (χ1v) is 30.4. The Morgan fingerprint density at radius 1 is 0.442 bits per heavy atom. The summed E-state index contributed by atoms with van der Waals surface area (Å²) in [6, 6.07) is 49.0. The molecule has 6 aromatic heterocycles. The third-order valence-electron chi connectivity index (χ3n) is 15.3. The molecule has 23 nitrogen and oxygen atoms in total. The zero-order valence-corrected chi connectivity index (χ0v) is 55.0. The van der Waals surface area contributed by atoms with E-state index in [2.05, 4.69) is 61.2 Å². The molecule has 5 aromatic carbocycles. The molecule has 2 aliphatic rings. The normalized spacial score (nSPS) is 14.4. The first kappa shape index (κ1) is 69.0. The number of hydrogen-bond acceptors (Lipinski definition) is 19. The number of nitrogens with zero attached hydrogens (tertiary/aromatic N) is 6. The number of rotatable bonds is 12. The van der Waals surface area contributed by atoms with E-state index >= 15 is 0 Å². The number of pyridine rings is 2. The predicted molar refractivity (Wildman–Crippen MR) is 363 cm³/mol. The number of benzene rings is 5. The van der Waals surface area contributed by atoms with Crippen molar-refractivity contribution in [2.24, 2.45) is 0 Å². The van der Waals surface area contributed by atoms with Crippen molar-refractivity contribution < 1.29 is 60.6 Å². The van der Waals surface area contributed by atoms with Crippen LogP contribution in [0.4, 0.5) is 22.7 Å². The summed E-state index contributed by atoms with van der Waals surface area (Å²) in [7, 11) is -0.717. The van der Waals surface area contributed by atoms with Gasteiger partial charge in [0.05, 0.1) is 39.5 Å². The smallest absolute Gasteiger partial charge is 0.476 e. The quantitative estimate of drug-likeness (QED) is 0.0431. The highest BCUT2D eigenvalue weighted by molar-refractivity contribution is 9.10. The highest BCUT2D eigenvalue weighted by Crippen LogP contribution is 2.38. The number of aromatic nitrogens is 6. The lowest BCUT2D eigenvalue weighted by atomic mass is 9.79. The molecule has 2 saturated heterocycles. The maximum absolute atomic E-state index is 12.0. The summed E-state index contributed by atoms with van der Waals surface area (Å²) in [6.45, 7) is 16.2. The second-order valence-electron chi connectivity index (χ2n) is 23.0. The lowest BCUT2D eigenvalue weighted by Gasteiger charge is -2.32. The zero-order chi connectivity index (χ0) is 67.9. The molecule has 0 radical (unpaired) electrons. The van der Waals surface area contributed by atoms with Crippen molar-refractivity contribution in [3.63, 3.8) is 0 Å². The fourth-order valence-electron chi connectivity index (χ4n) is 8.63. The lowest BCUT2D eigenvalue weighted by Crippen LogP contribution is -2.41. The topological polar surface area (TPSA) is 317 Å². The number of anilines is 4. The van der Waals surface area contributed by atoms with Gasteiger partial charge in [0.1, 0.15) is 29.7 Å². The molecule has 27 heteroatoms. The molecule has 8 heterocycles. The van der Waals surface area contributed by atoms with Gasteiger partial charge in [-0.15, -0.1) is 0 Å². The number of nitrogen functional groups attached to an aromatic ring is 1. The Kier molecular flexibility index (Phi) is 22.2. The van der Waals surface area contributed by atoms with E-state index in [0.717, 1.165) is 67.6 Å². The van der Waals surface area contributed by atoms with Gasteiger partial charge in [0.25, 0.3) is 17.7 Å². The molecule has 13 rings (SSSR count). The van der Waals surface area contributed by atoms with Crippen LogP contribution in [0.5, 0.6) is 0 Å². The summed E-state index contributed by atoms with van der Waals surface area (Å²) in [5.74, 6) is -2.02. The van der Waals surface area contributed by atoms with Crippen molar-refractivity contribution in [3.8, 4) is 33.8 Å². The van der Waals surface area contributed by atoms with Crippen molar-refractivity contribution in [2.75, 3.05) is 21.7 Å². The highest BCUT2D eigenvalue weighted by Gasteiger charge is 2.52. The molecule has 3 amide bonds. The average molecular weight is 1370 g/mol. The lowest BCUT2D eigenvalue weighted by molar-refractivity contribution is 0.00578. The van der Waals surface area contributed by atoms with Crippen molar-refractivity contribution in [2.45, 2.75) is 77.8 Å². The summed E-state index contributed by atoms with van der Waals surface area (Å²) in [4.78, 5) is 69.5. The van der Waals surface area contributed by atoms with Crippen LogP contribution in [0.15, 0.2) is 231 Å². The van der Waals surface area contributed by atoms with E-state index in [-0.39, 0.29) is 70.0 Å². The minimum absolute atomic E-state index is 0.0648. The van der Waals surface area contributed by atoms with Gasteiger partial charge in [-0.1, -0.05) is 84.4 Å². The second kappa shape index (κ2) is 30.6. The molecule has 0 aliphatic carbocycles. The third-order valence-corrected chi connectivity index (χ3v) is 15.9. The number of hydrogen-bond donors (Lipinski definition) is 5. The summed E-state index contributed by atoms with van der Waals surface area (Å²) < 4.78 is 43.4. The van der Waals surface area contributed by atoms with Gasteiger partial charge in [-0.25, -0.2) is 34.7 Å². The van der Waals surface area contributed by atoms with Crippen LogP contribution in [0.2, 0.25) is 5.02 Å². The maximum Gasteiger partial charge on any atom is 0.494 e. The van der Waals surface area contributed by atoms with E-state index in [1.54, 1.807) is 12.1 Å². The van der Waals surface area contributed by atoms with E-state index in [4.69, 9.17) is 59.3 Å². The van der Waals surface area contributed by atoms with Gasteiger partial charge >= 0.3 is 20.2 Å². The number of carboxylic acids is 1. The average Bonchev–Trinajstić information content (AvgIpc) is 1.65. The summed E-state index contributed by atoms with van der Waals surface area (Å²) in [6.07, 6.45) is 9.70. The van der Waals surface area contributed by atoms with Gasteiger partial charge in [-0.2, -0.15) is 0 Å². The number of oxazole rings is 4. The standard InChI is InChI=1S/C21H14ClN3O2.C16H19BN2O4.C15H10BrN3O2.C12H18BNO2.C4H3NO3/c22-16-4-1-3-15(11-16)19-6-2-5-18(25-19)14-7-9-17(10-8-14)24-21(26)20-12-27-13-23-20;1-15(2)16(3,4)23-17(22-15)11-5-7-12(8-6-11)19-14(20)13-9-21-10-18-13;16-14-3-1-2-12(19-14)10-4-6-11(7-5-10)18-15(20)13-8-21-9-17-13;1-11(2)12(3,4)16-13(15-11)9-5-7-10(14)8-6-9;6-4(7)3-1-8-2-5-3/h1-13H,(H,24,26);5-10H,1-4H3,(H,19,20);1-9H,(H,18,20);5-8H,14H2,1-4H3;1-2H,(H,6,7). The molecular weight excluding hydrogens is 1300 g/mol. The first-order valence-electron chi connectivity index (χ1n) is 29.3. The number of carboxylic acid groups (broad SMARTS) is 1. The third kappa shape index (κ3) is 18.5. The Morgan fingerprint density at radius 3 is 1.13 bits per heavy atom. The van der Waals surface area contributed by atoms with Crippen LogP contribution in [0.25, 0.3) is 33.8 Å². The summed E-state index contributed by atoms with van der Waals surface area (Å²) in [5.41, 5.74) is 15.0. The molecule has 11 aromatic rings.